The van der Waals surface area contributed by atoms with E-state index in [9.17, 15) is 23.1 Å². The average molecular weight is 334 g/mol. The van der Waals surface area contributed by atoms with Crippen LogP contribution in [0, 0.1) is 0 Å². The molecule has 0 heterocycles. The first-order chi connectivity index (χ1) is 10.2. The highest BCUT2D eigenvalue weighted by molar-refractivity contribution is 8.00. The maximum absolute atomic E-state index is 12.2. The first-order valence-electron chi connectivity index (χ1n) is 6.07. The van der Waals surface area contributed by atoms with Gasteiger partial charge in [0.05, 0.1) is 12.3 Å². The summed E-state index contributed by atoms with van der Waals surface area (Å²) in [7, 11) is 0. The maximum atomic E-state index is 12.2. The minimum atomic E-state index is -4.36. The van der Waals surface area contributed by atoms with Crippen LogP contribution in [-0.2, 0) is 9.53 Å². The lowest BCUT2D eigenvalue weighted by Crippen LogP contribution is -2.07. The average Bonchev–Trinajstić information content (AvgIpc) is 2.39. The number of carbonyl (C=O) groups is 1. The van der Waals surface area contributed by atoms with Crippen molar-refractivity contribution in [1.29, 1.82) is 0 Å². The van der Waals surface area contributed by atoms with Crippen molar-refractivity contribution < 1.29 is 27.8 Å². The molecule has 1 rings (SSSR count). The van der Waals surface area contributed by atoms with Gasteiger partial charge in [0.25, 0.3) is 0 Å². The summed E-state index contributed by atoms with van der Waals surface area (Å²) in [4.78, 5) is 11.5. The summed E-state index contributed by atoms with van der Waals surface area (Å²) >= 11 is -0.245. The molecule has 0 saturated heterocycles. The van der Waals surface area contributed by atoms with Crippen molar-refractivity contribution in [3.8, 4) is 0 Å². The van der Waals surface area contributed by atoms with E-state index in [0.717, 1.165) is 0 Å². The molecule has 5 nitrogen and oxygen atoms in total. The van der Waals surface area contributed by atoms with Crippen molar-refractivity contribution in [3.05, 3.63) is 35.7 Å². The zero-order chi connectivity index (χ0) is 16.8. The highest BCUT2D eigenvalue weighted by atomic mass is 32.2. The molecule has 22 heavy (non-hydrogen) atoms. The molecule has 1 N–H and O–H groups in total. The fraction of sp³-hybridized carbons (Fsp3) is 0.308. The Kier molecular flexibility index (Phi) is 6.41. The molecule has 0 atom stereocenters. The molecular formula is C13H13F3N2O3S. The van der Waals surface area contributed by atoms with Gasteiger partial charge in [-0.25, -0.2) is 4.79 Å². The number of esters is 1. The van der Waals surface area contributed by atoms with Crippen molar-refractivity contribution >= 4 is 23.4 Å². The molecule has 1 aromatic carbocycles. The highest BCUT2D eigenvalue weighted by Gasteiger charge is 2.28. The number of ether oxygens (including phenoxy) is 1. The van der Waals surface area contributed by atoms with Crippen molar-refractivity contribution in [2.45, 2.75) is 24.3 Å². The van der Waals surface area contributed by atoms with E-state index in [1.54, 1.807) is 6.92 Å². The third-order valence-corrected chi connectivity index (χ3v) is 2.89. The molecule has 0 aromatic heterocycles. The Hall–Kier alpha value is -2.03. The van der Waals surface area contributed by atoms with Gasteiger partial charge >= 0.3 is 11.5 Å². The molecule has 1 aromatic rings. The summed E-state index contributed by atoms with van der Waals surface area (Å²) in [6.07, 6.45) is 0. The van der Waals surface area contributed by atoms with Gasteiger partial charge in [0, 0.05) is 4.90 Å². The van der Waals surface area contributed by atoms with Crippen molar-refractivity contribution in [2.24, 2.45) is 10.2 Å². The predicted molar refractivity (Wildman–Crippen MR) is 74.8 cm³/mol. The Morgan fingerprint density at radius 3 is 2.36 bits per heavy atom. The van der Waals surface area contributed by atoms with Gasteiger partial charge in [-0.3, -0.25) is 0 Å². The van der Waals surface area contributed by atoms with Crippen LogP contribution in [0.3, 0.4) is 0 Å². The predicted octanol–water partition coefficient (Wildman–Crippen LogP) is 4.73. The standard InChI is InChI=1S/C13H13F3N2O3S/c1-3-21-12(20)11(8(2)19)18-17-9-4-6-10(7-5-9)22-13(14,15)16/h4-7,19H,3H2,1-2H3/b11-8+,18-17?. The van der Waals surface area contributed by atoms with Crippen LogP contribution >= 0.6 is 11.8 Å². The van der Waals surface area contributed by atoms with Crippen LogP contribution in [0.2, 0.25) is 0 Å². The number of rotatable bonds is 5. The van der Waals surface area contributed by atoms with E-state index in [2.05, 4.69) is 15.0 Å². The van der Waals surface area contributed by atoms with Gasteiger partial charge in [-0.15, -0.1) is 5.11 Å². The first kappa shape index (κ1) is 18.0. The first-order valence-corrected chi connectivity index (χ1v) is 6.89. The smallest absolute Gasteiger partial charge is 0.446 e. The fourth-order valence-corrected chi connectivity index (χ4v) is 1.82. The van der Waals surface area contributed by atoms with Crippen LogP contribution in [0.1, 0.15) is 13.8 Å². The van der Waals surface area contributed by atoms with Gasteiger partial charge in [-0.1, -0.05) is 0 Å². The molecule has 0 saturated carbocycles. The van der Waals surface area contributed by atoms with E-state index in [4.69, 9.17) is 0 Å². The second kappa shape index (κ2) is 7.83. The Labute approximate surface area is 128 Å². The molecule has 0 spiro atoms. The number of carbonyl (C=O) groups excluding carboxylic acids is 1. The number of nitrogens with zero attached hydrogens (tertiary/aromatic N) is 2. The summed E-state index contributed by atoms with van der Waals surface area (Å²) in [6.45, 7) is 2.94. The summed E-state index contributed by atoms with van der Waals surface area (Å²) in [5.74, 6) is -1.21. The quantitative estimate of drug-likeness (QED) is 0.278. The Bertz CT molecular complexity index is 579. The van der Waals surface area contributed by atoms with Crippen LogP contribution in [0.25, 0.3) is 0 Å². The minimum Gasteiger partial charge on any atom is -0.510 e. The number of hydrogen-bond donors (Lipinski definition) is 1. The van der Waals surface area contributed by atoms with Crippen LogP contribution in [-0.4, -0.2) is 23.2 Å². The van der Waals surface area contributed by atoms with Crippen LogP contribution < -0.4 is 0 Å². The summed E-state index contributed by atoms with van der Waals surface area (Å²) < 4.78 is 41.2. The molecule has 0 unspecified atom stereocenters. The monoisotopic (exact) mass is 334 g/mol. The lowest BCUT2D eigenvalue weighted by Gasteiger charge is -2.05. The van der Waals surface area contributed by atoms with Crippen LogP contribution in [0.4, 0.5) is 18.9 Å². The number of hydrogen-bond acceptors (Lipinski definition) is 6. The van der Waals surface area contributed by atoms with E-state index >= 15 is 0 Å². The molecule has 0 radical (unpaired) electrons. The molecule has 120 valence electrons. The largest absolute Gasteiger partial charge is 0.510 e. The molecule has 9 heteroatoms. The summed E-state index contributed by atoms with van der Waals surface area (Å²) in [5, 5.41) is 16.6. The molecule has 0 bridgehead atoms. The number of alkyl halides is 3. The van der Waals surface area contributed by atoms with E-state index in [-0.39, 0.29) is 40.4 Å². The zero-order valence-electron chi connectivity index (χ0n) is 11.7. The fourth-order valence-electron chi connectivity index (χ4n) is 1.28. The van der Waals surface area contributed by atoms with E-state index in [1.807, 2.05) is 0 Å². The van der Waals surface area contributed by atoms with Crippen molar-refractivity contribution in [2.75, 3.05) is 6.61 Å². The van der Waals surface area contributed by atoms with Crippen molar-refractivity contribution in [1.82, 2.24) is 0 Å². The lowest BCUT2D eigenvalue weighted by molar-refractivity contribution is -0.138. The van der Waals surface area contributed by atoms with Gasteiger partial charge < -0.3 is 9.84 Å². The normalized spacial score (nSPS) is 13.1. The molecule has 0 aliphatic heterocycles. The van der Waals surface area contributed by atoms with E-state index in [1.165, 1.54) is 31.2 Å². The number of aliphatic hydroxyl groups excluding tert-OH is 1. The molecule has 0 aliphatic rings. The van der Waals surface area contributed by atoms with Crippen molar-refractivity contribution in [3.63, 3.8) is 0 Å². The number of aliphatic hydroxyl groups is 1. The van der Waals surface area contributed by atoms with Gasteiger partial charge in [-0.2, -0.15) is 18.3 Å². The zero-order valence-corrected chi connectivity index (χ0v) is 12.5. The third-order valence-electron chi connectivity index (χ3n) is 2.15. The molecule has 0 fully saturated rings. The second-order valence-electron chi connectivity index (χ2n) is 3.90. The van der Waals surface area contributed by atoms with Gasteiger partial charge in [0.15, 0.2) is 0 Å². The van der Waals surface area contributed by atoms with Gasteiger partial charge in [-0.05, 0) is 49.9 Å². The van der Waals surface area contributed by atoms with E-state index < -0.39 is 11.5 Å². The number of halogens is 3. The van der Waals surface area contributed by atoms with E-state index in [0.29, 0.717) is 0 Å². The topological polar surface area (TPSA) is 71.2 Å². The SMILES string of the molecule is CCOC(=O)/C(N=Nc1ccc(SC(F)(F)F)cc1)=C(/C)O. The van der Waals surface area contributed by atoms with Crippen LogP contribution in [0.15, 0.2) is 50.8 Å². The number of thioether (sulfide) groups is 1. The van der Waals surface area contributed by atoms with Gasteiger partial charge in [0.2, 0.25) is 5.70 Å². The molecule has 0 amide bonds. The Morgan fingerprint density at radius 1 is 1.32 bits per heavy atom. The number of benzene rings is 1. The lowest BCUT2D eigenvalue weighted by atomic mass is 10.3. The summed E-state index contributed by atoms with van der Waals surface area (Å²) in [6, 6.07) is 5.08. The molecule has 0 aliphatic carbocycles. The Balaban J connectivity index is 2.85. The van der Waals surface area contributed by atoms with Gasteiger partial charge in [0.1, 0.15) is 5.76 Å². The highest BCUT2D eigenvalue weighted by Crippen LogP contribution is 2.37. The number of azo groups is 1. The van der Waals surface area contributed by atoms with Crippen LogP contribution in [0.5, 0.6) is 0 Å². The Morgan fingerprint density at radius 2 is 1.91 bits per heavy atom. The second-order valence-corrected chi connectivity index (χ2v) is 5.03. The summed E-state index contributed by atoms with van der Waals surface area (Å²) in [5.41, 5.74) is -4.50. The maximum Gasteiger partial charge on any atom is 0.446 e. The minimum absolute atomic E-state index is 0.00551. The number of allylic oxidation sites excluding steroid dienone is 1. The third kappa shape index (κ3) is 6.17. The molecular weight excluding hydrogens is 321 g/mol.